The highest BCUT2D eigenvalue weighted by Gasteiger charge is 2.40. The predicted molar refractivity (Wildman–Crippen MR) is 109 cm³/mol. The summed E-state index contributed by atoms with van der Waals surface area (Å²) in [5.41, 5.74) is 0.698. The molecule has 1 atom stereocenters. The predicted octanol–water partition coefficient (Wildman–Crippen LogP) is 1.62. The molecule has 1 saturated heterocycles. The third-order valence-electron chi connectivity index (χ3n) is 5.84. The molecule has 7 heteroatoms. The second-order valence-corrected chi connectivity index (χ2v) is 7.97. The Hall–Kier alpha value is -2.41. The molecule has 2 fully saturated rings. The largest absolute Gasteiger partial charge is 0.393 e. The van der Waals surface area contributed by atoms with Gasteiger partial charge in [0.05, 0.1) is 6.10 Å². The summed E-state index contributed by atoms with van der Waals surface area (Å²) in [6, 6.07) is 8.30. The van der Waals surface area contributed by atoms with Crippen LogP contribution in [-0.2, 0) is 14.4 Å². The number of benzene rings is 1. The van der Waals surface area contributed by atoms with Crippen LogP contribution in [0.2, 0.25) is 0 Å². The fourth-order valence-corrected chi connectivity index (χ4v) is 4.11. The number of hydrogen-bond donors (Lipinski definition) is 2. The van der Waals surface area contributed by atoms with Gasteiger partial charge in [-0.25, -0.2) is 0 Å². The number of nitrogens with zero attached hydrogens (tertiary/aromatic N) is 2. The fourth-order valence-electron chi connectivity index (χ4n) is 4.11. The Bertz CT molecular complexity index is 716. The van der Waals surface area contributed by atoms with Crippen LogP contribution in [0, 0.1) is 0 Å². The van der Waals surface area contributed by atoms with Crippen molar-refractivity contribution in [1.82, 2.24) is 15.1 Å². The van der Waals surface area contributed by atoms with E-state index in [1.165, 1.54) is 4.90 Å². The van der Waals surface area contributed by atoms with Crippen LogP contribution in [0.25, 0.3) is 0 Å². The van der Waals surface area contributed by atoms with E-state index in [-0.39, 0.29) is 18.1 Å². The number of nitrogens with one attached hydrogen (secondary N) is 1. The van der Waals surface area contributed by atoms with E-state index in [4.69, 9.17) is 0 Å². The summed E-state index contributed by atoms with van der Waals surface area (Å²) in [6.45, 7) is 3.39. The first-order valence-corrected chi connectivity index (χ1v) is 10.6. The lowest BCUT2D eigenvalue weighted by Gasteiger charge is -2.38. The standard InChI is InChI=1S/C22H31N3O4/c1-2-3-13-24-14-15-25(22(29)21(24)28)19(16-7-5-4-6-8-16)20(27)23-17-9-11-18(26)12-10-17/h4-8,17-19,26H,2-3,9-15H2,1H3,(H,23,27)/t17?,18?,19-/m0/s1. The molecule has 3 rings (SSSR count). The SMILES string of the molecule is CCCCN1CCN([C@H](C(=O)NC2CCC(O)CC2)c2ccccc2)C(=O)C1=O. The van der Waals surface area contributed by atoms with Gasteiger partial charge in [0.15, 0.2) is 0 Å². The molecule has 1 aromatic carbocycles. The minimum absolute atomic E-state index is 0.0197. The van der Waals surface area contributed by atoms with Crippen molar-refractivity contribution >= 4 is 17.7 Å². The van der Waals surface area contributed by atoms with Gasteiger partial charge in [0.25, 0.3) is 0 Å². The number of hydrogen-bond acceptors (Lipinski definition) is 4. The number of carbonyl (C=O) groups excluding carboxylic acids is 3. The number of aliphatic hydroxyl groups is 1. The molecule has 3 amide bonds. The van der Waals surface area contributed by atoms with E-state index in [0.717, 1.165) is 12.8 Å². The molecule has 2 aliphatic rings. The van der Waals surface area contributed by atoms with Gasteiger partial charge in [-0.1, -0.05) is 43.7 Å². The Kier molecular flexibility index (Phi) is 7.25. The van der Waals surface area contributed by atoms with Gasteiger partial charge in [0.1, 0.15) is 6.04 Å². The Balaban J connectivity index is 1.76. The fraction of sp³-hybridized carbons (Fsp3) is 0.591. The number of carbonyl (C=O) groups is 3. The van der Waals surface area contributed by atoms with Gasteiger partial charge < -0.3 is 20.2 Å². The van der Waals surface area contributed by atoms with Gasteiger partial charge >= 0.3 is 11.8 Å². The van der Waals surface area contributed by atoms with Crippen LogP contribution >= 0.6 is 0 Å². The monoisotopic (exact) mass is 401 g/mol. The second-order valence-electron chi connectivity index (χ2n) is 7.97. The molecular weight excluding hydrogens is 370 g/mol. The second kappa shape index (κ2) is 9.87. The number of amides is 3. The van der Waals surface area contributed by atoms with E-state index < -0.39 is 17.9 Å². The molecule has 1 aliphatic heterocycles. The first kappa shape index (κ1) is 21.3. The minimum atomic E-state index is -0.826. The maximum absolute atomic E-state index is 13.2. The third-order valence-corrected chi connectivity index (χ3v) is 5.84. The zero-order valence-electron chi connectivity index (χ0n) is 17.0. The van der Waals surface area contributed by atoms with Crippen LogP contribution in [0.5, 0.6) is 0 Å². The molecule has 7 nitrogen and oxygen atoms in total. The smallest absolute Gasteiger partial charge is 0.313 e. The van der Waals surface area contributed by atoms with Crippen molar-refractivity contribution in [1.29, 1.82) is 0 Å². The van der Waals surface area contributed by atoms with Crippen LogP contribution in [-0.4, -0.2) is 64.4 Å². The van der Waals surface area contributed by atoms with Crippen molar-refractivity contribution in [2.75, 3.05) is 19.6 Å². The normalized spacial score (nSPS) is 23.8. The van der Waals surface area contributed by atoms with Gasteiger partial charge in [-0.15, -0.1) is 0 Å². The Morgan fingerprint density at radius 1 is 1.10 bits per heavy atom. The topological polar surface area (TPSA) is 89.9 Å². The van der Waals surface area contributed by atoms with Crippen molar-refractivity contribution in [3.63, 3.8) is 0 Å². The van der Waals surface area contributed by atoms with Gasteiger partial charge in [0.2, 0.25) is 5.91 Å². The van der Waals surface area contributed by atoms with Crippen molar-refractivity contribution in [3.05, 3.63) is 35.9 Å². The molecule has 0 radical (unpaired) electrons. The lowest BCUT2D eigenvalue weighted by atomic mass is 9.92. The Morgan fingerprint density at radius 3 is 2.45 bits per heavy atom. The molecule has 1 heterocycles. The van der Waals surface area contributed by atoms with Gasteiger partial charge in [-0.2, -0.15) is 0 Å². The summed E-state index contributed by atoms with van der Waals surface area (Å²) in [5.74, 6) is -1.41. The molecule has 0 aromatic heterocycles. The molecule has 0 unspecified atom stereocenters. The summed E-state index contributed by atoms with van der Waals surface area (Å²) >= 11 is 0. The maximum atomic E-state index is 13.2. The molecule has 1 aliphatic carbocycles. The van der Waals surface area contributed by atoms with Crippen molar-refractivity contribution in [2.45, 2.75) is 63.6 Å². The zero-order valence-corrected chi connectivity index (χ0v) is 17.0. The summed E-state index contributed by atoms with van der Waals surface area (Å²) < 4.78 is 0. The first-order valence-electron chi connectivity index (χ1n) is 10.6. The van der Waals surface area contributed by atoms with E-state index in [1.54, 1.807) is 4.90 Å². The minimum Gasteiger partial charge on any atom is -0.393 e. The average molecular weight is 402 g/mol. The molecule has 1 aromatic rings. The number of rotatable bonds is 7. The zero-order chi connectivity index (χ0) is 20.8. The molecule has 0 bridgehead atoms. The maximum Gasteiger partial charge on any atom is 0.313 e. The molecule has 2 N–H and O–H groups in total. The molecular formula is C22H31N3O4. The van der Waals surface area contributed by atoms with E-state index in [0.29, 0.717) is 50.9 Å². The van der Waals surface area contributed by atoms with Crippen LogP contribution in [0.3, 0.4) is 0 Å². The van der Waals surface area contributed by atoms with E-state index in [2.05, 4.69) is 5.32 Å². The van der Waals surface area contributed by atoms with E-state index in [1.807, 2.05) is 37.3 Å². The Labute approximate surface area is 172 Å². The highest BCUT2D eigenvalue weighted by atomic mass is 16.3. The molecule has 29 heavy (non-hydrogen) atoms. The van der Waals surface area contributed by atoms with Crippen LogP contribution in [0.15, 0.2) is 30.3 Å². The average Bonchev–Trinajstić information content (AvgIpc) is 2.73. The third kappa shape index (κ3) is 5.15. The van der Waals surface area contributed by atoms with Gasteiger partial charge in [-0.05, 0) is 37.7 Å². The van der Waals surface area contributed by atoms with E-state index >= 15 is 0 Å². The van der Waals surface area contributed by atoms with Crippen LogP contribution < -0.4 is 5.32 Å². The van der Waals surface area contributed by atoms with Crippen molar-refractivity contribution < 1.29 is 19.5 Å². The Morgan fingerprint density at radius 2 is 1.79 bits per heavy atom. The molecule has 0 spiro atoms. The molecule has 158 valence electrons. The lowest BCUT2D eigenvalue weighted by Crippen LogP contribution is -2.58. The highest BCUT2D eigenvalue weighted by molar-refractivity contribution is 6.35. The van der Waals surface area contributed by atoms with Gasteiger partial charge in [-0.3, -0.25) is 14.4 Å². The summed E-state index contributed by atoms with van der Waals surface area (Å²) in [6.07, 6.45) is 4.26. The molecule has 1 saturated carbocycles. The number of piperazine rings is 1. The lowest BCUT2D eigenvalue weighted by molar-refractivity contribution is -0.159. The quantitative estimate of drug-likeness (QED) is 0.680. The summed E-state index contributed by atoms with van der Waals surface area (Å²) in [4.78, 5) is 41.7. The highest BCUT2D eigenvalue weighted by Crippen LogP contribution is 2.26. The summed E-state index contributed by atoms with van der Waals surface area (Å²) in [7, 11) is 0. The van der Waals surface area contributed by atoms with Crippen molar-refractivity contribution in [2.24, 2.45) is 0 Å². The van der Waals surface area contributed by atoms with E-state index in [9.17, 15) is 19.5 Å². The summed E-state index contributed by atoms with van der Waals surface area (Å²) in [5, 5.41) is 12.7. The first-order chi connectivity index (χ1) is 14.0. The van der Waals surface area contributed by atoms with Gasteiger partial charge in [0, 0.05) is 25.7 Å². The number of unbranched alkanes of at least 4 members (excludes halogenated alkanes) is 1. The number of aliphatic hydroxyl groups excluding tert-OH is 1. The van der Waals surface area contributed by atoms with Crippen LogP contribution in [0.4, 0.5) is 0 Å². The van der Waals surface area contributed by atoms with Crippen LogP contribution in [0.1, 0.15) is 57.1 Å². The van der Waals surface area contributed by atoms with Crippen molar-refractivity contribution in [3.8, 4) is 0 Å².